The maximum absolute atomic E-state index is 12.7. The predicted octanol–water partition coefficient (Wildman–Crippen LogP) is 4.06. The van der Waals surface area contributed by atoms with Gasteiger partial charge in [-0.3, -0.25) is 14.9 Å². The van der Waals surface area contributed by atoms with Crippen molar-refractivity contribution in [1.82, 2.24) is 35.4 Å². The minimum Gasteiger partial charge on any atom is -0.507 e. The maximum Gasteiger partial charge on any atom is 0.249 e. The average Bonchev–Trinajstić information content (AvgIpc) is 3.62. The van der Waals surface area contributed by atoms with Crippen molar-refractivity contribution in [3.63, 3.8) is 0 Å². The van der Waals surface area contributed by atoms with Crippen molar-refractivity contribution in [1.29, 1.82) is 0 Å². The molecule has 4 aliphatic rings. The zero-order valence-electron chi connectivity index (χ0n) is 27.4. The standard InChI is InChI=1S/C36H41N9O4/c37-35-27(20-28(39-41-35)26-4-1-2-7-32(26)46)29-21-45(42-40-29)24-14-16-43(17-15-24)23-10-8-22(9-11-23)25-5-3-6-30-34(25)49-19-18-44(30)31-12-13-33(47)38-36(31)48/h1-7,20-24,31,46H,8-19H2,(H2,37,41)(H,38,47,48)/t22-,23-,31-/m0/s1. The number of nitrogens with two attached hydrogens (primary N) is 1. The summed E-state index contributed by atoms with van der Waals surface area (Å²) < 4.78 is 8.22. The Hall–Kier alpha value is -5.04. The molecular formula is C36H41N9O4. The van der Waals surface area contributed by atoms with Gasteiger partial charge in [0.25, 0.3) is 0 Å². The summed E-state index contributed by atoms with van der Waals surface area (Å²) in [5.41, 5.74) is 10.8. The number of carbonyl (C=O) groups excluding carboxylic acids is 2. The molecule has 3 aliphatic heterocycles. The number of aromatic hydroxyl groups is 1. The summed E-state index contributed by atoms with van der Waals surface area (Å²) in [6, 6.07) is 15.6. The molecule has 2 saturated heterocycles. The number of aromatic nitrogens is 5. The molecule has 1 saturated carbocycles. The monoisotopic (exact) mass is 663 g/mol. The highest BCUT2D eigenvalue weighted by Crippen LogP contribution is 2.45. The van der Waals surface area contributed by atoms with E-state index in [4.69, 9.17) is 10.5 Å². The summed E-state index contributed by atoms with van der Waals surface area (Å²) >= 11 is 0. The number of para-hydroxylation sites is 2. The second-order valence-corrected chi connectivity index (χ2v) is 13.6. The number of phenolic OH excluding ortho intramolecular Hbond substituents is 1. The largest absolute Gasteiger partial charge is 0.507 e. The molecule has 13 nitrogen and oxygen atoms in total. The zero-order chi connectivity index (χ0) is 33.5. The van der Waals surface area contributed by atoms with Gasteiger partial charge in [-0.2, -0.15) is 0 Å². The first-order chi connectivity index (χ1) is 23.9. The molecule has 1 aliphatic carbocycles. The summed E-state index contributed by atoms with van der Waals surface area (Å²) in [4.78, 5) is 29.2. The maximum atomic E-state index is 12.7. The van der Waals surface area contributed by atoms with E-state index in [1.807, 2.05) is 23.0 Å². The van der Waals surface area contributed by atoms with Crippen LogP contribution in [0.15, 0.2) is 54.7 Å². The molecule has 2 aromatic carbocycles. The molecule has 8 rings (SSSR count). The number of amides is 2. The van der Waals surface area contributed by atoms with E-state index >= 15 is 0 Å². The Morgan fingerprint density at radius 3 is 2.45 bits per heavy atom. The van der Waals surface area contributed by atoms with E-state index < -0.39 is 0 Å². The van der Waals surface area contributed by atoms with Gasteiger partial charge in [0.15, 0.2) is 5.82 Å². The van der Waals surface area contributed by atoms with Gasteiger partial charge >= 0.3 is 0 Å². The third-order valence-electron chi connectivity index (χ3n) is 10.8. The molecule has 4 N–H and O–H groups in total. The number of imide groups is 1. The highest BCUT2D eigenvalue weighted by atomic mass is 16.5. The van der Waals surface area contributed by atoms with Crippen LogP contribution in [0.2, 0.25) is 0 Å². The van der Waals surface area contributed by atoms with Crippen LogP contribution in [0.4, 0.5) is 11.5 Å². The first kappa shape index (κ1) is 31.2. The van der Waals surface area contributed by atoms with E-state index in [2.05, 4.69) is 47.8 Å². The summed E-state index contributed by atoms with van der Waals surface area (Å²) in [6.07, 6.45) is 9.29. The third kappa shape index (κ3) is 6.07. The zero-order valence-corrected chi connectivity index (χ0v) is 27.4. The molecule has 5 heterocycles. The fourth-order valence-electron chi connectivity index (χ4n) is 8.19. The minimum atomic E-state index is -0.341. The molecule has 13 heteroatoms. The normalized spacial score (nSPS) is 23.5. The first-order valence-corrected chi connectivity index (χ1v) is 17.4. The number of likely N-dealkylation sites (tertiary alicyclic amines) is 1. The summed E-state index contributed by atoms with van der Waals surface area (Å²) in [5.74, 6) is 1.32. The van der Waals surface area contributed by atoms with Crippen LogP contribution in [0.1, 0.15) is 68.9 Å². The van der Waals surface area contributed by atoms with Crippen LogP contribution in [0.3, 0.4) is 0 Å². The number of hydrogen-bond donors (Lipinski definition) is 3. The Kier molecular flexibility index (Phi) is 8.36. The molecule has 2 aromatic heterocycles. The quantitative estimate of drug-likeness (QED) is 0.255. The van der Waals surface area contributed by atoms with E-state index in [9.17, 15) is 14.7 Å². The lowest BCUT2D eigenvalue weighted by Crippen LogP contribution is -2.54. The Labute approximate surface area is 284 Å². The molecule has 0 bridgehead atoms. The van der Waals surface area contributed by atoms with Crippen molar-refractivity contribution < 1.29 is 19.4 Å². The smallest absolute Gasteiger partial charge is 0.249 e. The number of rotatable bonds is 6. The Morgan fingerprint density at radius 1 is 0.837 bits per heavy atom. The van der Waals surface area contributed by atoms with Crippen LogP contribution in [0, 0.1) is 0 Å². The van der Waals surface area contributed by atoms with Crippen molar-refractivity contribution in [2.75, 3.05) is 36.9 Å². The minimum absolute atomic E-state index is 0.128. The van der Waals surface area contributed by atoms with Crippen molar-refractivity contribution in [2.45, 2.75) is 75.4 Å². The van der Waals surface area contributed by atoms with Gasteiger partial charge in [-0.1, -0.05) is 29.5 Å². The topological polar surface area (TPSA) is 165 Å². The van der Waals surface area contributed by atoms with E-state index in [1.54, 1.807) is 24.3 Å². The number of ether oxygens (including phenoxy) is 1. The summed E-state index contributed by atoms with van der Waals surface area (Å²) in [6.45, 7) is 3.19. The number of nitrogens with zero attached hydrogens (tertiary/aromatic N) is 7. The number of nitrogens with one attached hydrogen (secondary N) is 1. The van der Waals surface area contributed by atoms with E-state index in [0.717, 1.165) is 63.1 Å². The molecule has 49 heavy (non-hydrogen) atoms. The number of benzene rings is 2. The molecule has 0 unspecified atom stereocenters. The number of hydrogen-bond acceptors (Lipinski definition) is 11. The number of fused-ring (bicyclic) bond motifs is 1. The van der Waals surface area contributed by atoms with Gasteiger partial charge in [-0.15, -0.1) is 15.3 Å². The third-order valence-corrected chi connectivity index (χ3v) is 10.8. The van der Waals surface area contributed by atoms with Gasteiger partial charge in [-0.25, -0.2) is 4.68 Å². The predicted molar refractivity (Wildman–Crippen MR) is 183 cm³/mol. The number of carbonyl (C=O) groups is 2. The molecule has 2 amide bonds. The van der Waals surface area contributed by atoms with Gasteiger partial charge in [0, 0.05) is 36.7 Å². The van der Waals surface area contributed by atoms with Crippen LogP contribution >= 0.6 is 0 Å². The molecule has 4 aromatic rings. The molecule has 1 atom stereocenters. The van der Waals surface area contributed by atoms with Crippen LogP contribution in [0.25, 0.3) is 22.5 Å². The lowest BCUT2D eigenvalue weighted by molar-refractivity contribution is -0.134. The fourth-order valence-corrected chi connectivity index (χ4v) is 8.19. The number of piperidine rings is 2. The van der Waals surface area contributed by atoms with Gasteiger partial charge in [-0.05, 0) is 80.7 Å². The van der Waals surface area contributed by atoms with Crippen molar-refractivity contribution in [2.24, 2.45) is 0 Å². The van der Waals surface area contributed by atoms with Gasteiger partial charge in [0.1, 0.15) is 29.8 Å². The average molecular weight is 664 g/mol. The van der Waals surface area contributed by atoms with Gasteiger partial charge in [0.05, 0.1) is 30.2 Å². The molecule has 0 radical (unpaired) electrons. The van der Waals surface area contributed by atoms with E-state index in [0.29, 0.717) is 60.5 Å². The highest BCUT2D eigenvalue weighted by molar-refractivity contribution is 6.02. The highest BCUT2D eigenvalue weighted by Gasteiger charge is 2.37. The van der Waals surface area contributed by atoms with Crippen molar-refractivity contribution in [3.8, 4) is 34.0 Å². The molecule has 3 fully saturated rings. The lowest BCUT2D eigenvalue weighted by atomic mass is 9.80. The second kappa shape index (κ2) is 13.1. The first-order valence-electron chi connectivity index (χ1n) is 17.4. The van der Waals surface area contributed by atoms with Crippen LogP contribution in [-0.2, 0) is 9.59 Å². The number of phenols is 1. The summed E-state index contributed by atoms with van der Waals surface area (Å²) in [7, 11) is 0. The lowest BCUT2D eigenvalue weighted by Gasteiger charge is -2.42. The number of anilines is 2. The van der Waals surface area contributed by atoms with Gasteiger partial charge in [0.2, 0.25) is 11.8 Å². The van der Waals surface area contributed by atoms with Gasteiger partial charge < -0.3 is 25.4 Å². The van der Waals surface area contributed by atoms with E-state index in [1.165, 1.54) is 5.56 Å². The second-order valence-electron chi connectivity index (χ2n) is 13.6. The van der Waals surface area contributed by atoms with Crippen molar-refractivity contribution >= 4 is 23.3 Å². The van der Waals surface area contributed by atoms with Crippen LogP contribution < -0.4 is 20.7 Å². The molecule has 254 valence electrons. The molecular weight excluding hydrogens is 622 g/mol. The van der Waals surface area contributed by atoms with Crippen LogP contribution in [-0.4, -0.2) is 85.3 Å². The Balaban J connectivity index is 0.884. The Morgan fingerprint density at radius 2 is 1.65 bits per heavy atom. The Bertz CT molecular complexity index is 1860. The molecule has 0 spiro atoms. The fraction of sp³-hybridized carbons (Fsp3) is 0.444. The SMILES string of the molecule is Nc1nnc(-c2ccccc2O)cc1-c1cn(C2CCN([C@H]3CC[C@H](c4cccc5c4OCCN5[C@H]4CCC(=O)NC4=O)CC3)CC2)nn1. The summed E-state index contributed by atoms with van der Waals surface area (Å²) in [5, 5.41) is 30.0. The van der Waals surface area contributed by atoms with Crippen LogP contribution in [0.5, 0.6) is 11.5 Å². The number of nitrogen functional groups attached to an aromatic ring is 1. The van der Waals surface area contributed by atoms with E-state index in [-0.39, 0.29) is 35.5 Å². The van der Waals surface area contributed by atoms with Crippen molar-refractivity contribution in [3.05, 3.63) is 60.3 Å².